The topological polar surface area (TPSA) is 54.6 Å². The standard InChI is InChI=1S/C19H15N5/c1-20-17-19-23-16(14-8-4-2-5-9-14)18(24(19)13-12-21-17)22-15-10-6-3-7-11-15/h2-13,22H,1H2. The summed E-state index contributed by atoms with van der Waals surface area (Å²) in [5.41, 5.74) is 3.53. The van der Waals surface area contributed by atoms with E-state index < -0.39 is 0 Å². The Kier molecular flexibility index (Phi) is 3.51. The van der Waals surface area contributed by atoms with Gasteiger partial charge in [-0.3, -0.25) is 4.40 Å². The molecular weight excluding hydrogens is 298 g/mol. The summed E-state index contributed by atoms with van der Waals surface area (Å²) < 4.78 is 1.95. The largest absolute Gasteiger partial charge is 0.339 e. The molecule has 2 aromatic carbocycles. The average Bonchev–Trinajstić information content (AvgIpc) is 3.02. The van der Waals surface area contributed by atoms with Crippen molar-refractivity contribution in [1.29, 1.82) is 0 Å². The van der Waals surface area contributed by atoms with Gasteiger partial charge in [-0.2, -0.15) is 0 Å². The lowest BCUT2D eigenvalue weighted by atomic mass is 10.1. The number of fused-ring (bicyclic) bond motifs is 1. The first kappa shape index (κ1) is 14.1. The van der Waals surface area contributed by atoms with Crippen molar-refractivity contribution < 1.29 is 0 Å². The van der Waals surface area contributed by atoms with E-state index in [9.17, 15) is 0 Å². The molecule has 0 saturated heterocycles. The van der Waals surface area contributed by atoms with Crippen LogP contribution in [0.2, 0.25) is 0 Å². The number of nitrogens with zero attached hydrogens (tertiary/aromatic N) is 4. The van der Waals surface area contributed by atoms with Crippen LogP contribution >= 0.6 is 0 Å². The molecule has 1 N–H and O–H groups in total. The highest BCUT2D eigenvalue weighted by Crippen LogP contribution is 2.33. The van der Waals surface area contributed by atoms with Crippen LogP contribution in [0.3, 0.4) is 0 Å². The molecular formula is C19H15N5. The van der Waals surface area contributed by atoms with E-state index in [-0.39, 0.29) is 0 Å². The number of hydrogen-bond acceptors (Lipinski definition) is 4. The monoisotopic (exact) mass is 313 g/mol. The van der Waals surface area contributed by atoms with Crippen molar-refractivity contribution in [2.45, 2.75) is 0 Å². The Labute approximate surface area is 139 Å². The minimum Gasteiger partial charge on any atom is -0.339 e. The van der Waals surface area contributed by atoms with E-state index in [2.05, 4.69) is 22.0 Å². The smallest absolute Gasteiger partial charge is 0.195 e. The fourth-order valence-electron chi connectivity index (χ4n) is 2.65. The van der Waals surface area contributed by atoms with E-state index in [0.29, 0.717) is 11.5 Å². The van der Waals surface area contributed by atoms with Crippen molar-refractivity contribution in [1.82, 2.24) is 14.4 Å². The second-order valence-corrected chi connectivity index (χ2v) is 5.27. The molecule has 0 spiro atoms. The predicted molar refractivity (Wildman–Crippen MR) is 97.4 cm³/mol. The second kappa shape index (κ2) is 5.96. The van der Waals surface area contributed by atoms with Gasteiger partial charge in [-0.1, -0.05) is 48.5 Å². The molecule has 4 aromatic rings. The molecule has 0 radical (unpaired) electrons. The number of imidazole rings is 1. The molecule has 0 saturated carbocycles. The molecule has 0 aliphatic heterocycles. The number of aliphatic imine (C=N–C) groups is 1. The lowest BCUT2D eigenvalue weighted by Gasteiger charge is -2.08. The van der Waals surface area contributed by atoms with E-state index in [0.717, 1.165) is 22.8 Å². The molecule has 0 amide bonds. The fourth-order valence-corrected chi connectivity index (χ4v) is 2.65. The van der Waals surface area contributed by atoms with Crippen LogP contribution in [0.4, 0.5) is 17.3 Å². The van der Waals surface area contributed by atoms with Gasteiger partial charge in [-0.25, -0.2) is 15.0 Å². The summed E-state index contributed by atoms with van der Waals surface area (Å²) in [5.74, 6) is 1.38. The van der Waals surface area contributed by atoms with Gasteiger partial charge in [0.2, 0.25) is 0 Å². The van der Waals surface area contributed by atoms with Crippen molar-refractivity contribution >= 4 is 29.7 Å². The molecule has 0 aliphatic rings. The highest BCUT2D eigenvalue weighted by Gasteiger charge is 2.16. The minimum absolute atomic E-state index is 0.510. The predicted octanol–water partition coefficient (Wildman–Crippen LogP) is 4.47. The summed E-state index contributed by atoms with van der Waals surface area (Å²) in [4.78, 5) is 13.0. The molecule has 24 heavy (non-hydrogen) atoms. The Morgan fingerprint density at radius 3 is 2.38 bits per heavy atom. The molecule has 0 fully saturated rings. The fraction of sp³-hybridized carbons (Fsp3) is 0. The molecule has 0 unspecified atom stereocenters. The zero-order valence-electron chi connectivity index (χ0n) is 12.9. The molecule has 2 aromatic heterocycles. The van der Waals surface area contributed by atoms with Crippen LogP contribution in [-0.2, 0) is 0 Å². The van der Waals surface area contributed by atoms with Crippen molar-refractivity contribution in [3.8, 4) is 11.3 Å². The maximum absolute atomic E-state index is 4.75. The van der Waals surface area contributed by atoms with Crippen LogP contribution in [0.15, 0.2) is 78.0 Å². The number of para-hydroxylation sites is 1. The van der Waals surface area contributed by atoms with Crippen LogP contribution in [-0.4, -0.2) is 21.1 Å². The summed E-state index contributed by atoms with van der Waals surface area (Å²) in [5, 5.41) is 3.46. The van der Waals surface area contributed by atoms with Crippen molar-refractivity contribution in [3.05, 3.63) is 73.1 Å². The second-order valence-electron chi connectivity index (χ2n) is 5.27. The van der Waals surface area contributed by atoms with Crippen LogP contribution in [0.5, 0.6) is 0 Å². The minimum atomic E-state index is 0.510. The van der Waals surface area contributed by atoms with Gasteiger partial charge in [0.15, 0.2) is 11.5 Å². The zero-order chi connectivity index (χ0) is 16.4. The number of nitrogens with one attached hydrogen (secondary N) is 1. The third-order valence-electron chi connectivity index (χ3n) is 3.76. The molecule has 0 bridgehead atoms. The molecule has 5 nitrogen and oxygen atoms in total. The van der Waals surface area contributed by atoms with Crippen LogP contribution < -0.4 is 5.32 Å². The number of aromatic nitrogens is 3. The van der Waals surface area contributed by atoms with Gasteiger partial charge in [0.1, 0.15) is 11.5 Å². The SMILES string of the molecule is C=Nc1nccn2c(Nc3ccccc3)c(-c3ccccc3)nc12. The number of anilines is 2. The first-order chi connectivity index (χ1) is 11.9. The van der Waals surface area contributed by atoms with E-state index in [1.807, 2.05) is 71.3 Å². The molecule has 0 atom stereocenters. The number of hydrogen-bond donors (Lipinski definition) is 1. The molecule has 2 heterocycles. The summed E-state index contributed by atoms with van der Waals surface area (Å²) in [6, 6.07) is 20.1. The lowest BCUT2D eigenvalue weighted by molar-refractivity contribution is 1.12. The van der Waals surface area contributed by atoms with Gasteiger partial charge in [0.05, 0.1) is 0 Å². The summed E-state index contributed by atoms with van der Waals surface area (Å²) in [6.07, 6.45) is 3.57. The van der Waals surface area contributed by atoms with Crippen molar-refractivity contribution in [2.75, 3.05) is 5.32 Å². The summed E-state index contributed by atoms with van der Waals surface area (Å²) in [6.45, 7) is 3.59. The summed E-state index contributed by atoms with van der Waals surface area (Å²) in [7, 11) is 0. The Bertz CT molecular complexity index is 990. The first-order valence-corrected chi connectivity index (χ1v) is 7.58. The molecule has 0 aliphatic carbocycles. The van der Waals surface area contributed by atoms with Gasteiger partial charge in [-0.15, -0.1) is 0 Å². The maximum atomic E-state index is 4.75. The maximum Gasteiger partial charge on any atom is 0.195 e. The van der Waals surface area contributed by atoms with Crippen LogP contribution in [0, 0.1) is 0 Å². The Hall–Kier alpha value is -3.47. The van der Waals surface area contributed by atoms with E-state index in [4.69, 9.17) is 4.98 Å². The highest BCUT2D eigenvalue weighted by atomic mass is 15.2. The Balaban J connectivity index is 1.96. The number of rotatable bonds is 4. The van der Waals surface area contributed by atoms with Gasteiger partial charge >= 0.3 is 0 Å². The van der Waals surface area contributed by atoms with Gasteiger partial charge < -0.3 is 5.32 Å². The molecule has 4 rings (SSSR count). The van der Waals surface area contributed by atoms with Crippen LogP contribution in [0.1, 0.15) is 0 Å². The zero-order valence-corrected chi connectivity index (χ0v) is 12.9. The third-order valence-corrected chi connectivity index (χ3v) is 3.76. The highest BCUT2D eigenvalue weighted by molar-refractivity contribution is 5.82. The van der Waals surface area contributed by atoms with Gasteiger partial charge in [0.25, 0.3) is 0 Å². The van der Waals surface area contributed by atoms with Crippen molar-refractivity contribution in [3.63, 3.8) is 0 Å². The van der Waals surface area contributed by atoms with E-state index >= 15 is 0 Å². The number of benzene rings is 2. The van der Waals surface area contributed by atoms with Crippen LogP contribution in [0.25, 0.3) is 16.9 Å². The van der Waals surface area contributed by atoms with Crippen molar-refractivity contribution in [2.24, 2.45) is 4.99 Å². The van der Waals surface area contributed by atoms with Gasteiger partial charge in [-0.05, 0) is 18.9 Å². The summed E-state index contributed by atoms with van der Waals surface area (Å²) >= 11 is 0. The lowest BCUT2D eigenvalue weighted by Crippen LogP contribution is -1.97. The first-order valence-electron chi connectivity index (χ1n) is 7.58. The average molecular weight is 313 g/mol. The van der Waals surface area contributed by atoms with Gasteiger partial charge in [0, 0.05) is 23.6 Å². The normalized spacial score (nSPS) is 10.7. The Morgan fingerprint density at radius 1 is 0.958 bits per heavy atom. The molecule has 5 heteroatoms. The van der Waals surface area contributed by atoms with E-state index in [1.54, 1.807) is 6.20 Å². The third kappa shape index (κ3) is 2.42. The quantitative estimate of drug-likeness (QED) is 0.565. The van der Waals surface area contributed by atoms with E-state index in [1.165, 1.54) is 0 Å². The Morgan fingerprint density at radius 2 is 1.67 bits per heavy atom. The molecule has 116 valence electrons.